The van der Waals surface area contributed by atoms with E-state index in [1.54, 1.807) is 19.9 Å². The van der Waals surface area contributed by atoms with Crippen molar-refractivity contribution in [2.24, 2.45) is 5.92 Å². The molecule has 3 heterocycles. The number of aromatic nitrogens is 6. The van der Waals surface area contributed by atoms with Crippen LogP contribution in [0.3, 0.4) is 0 Å². The van der Waals surface area contributed by atoms with Crippen LogP contribution in [0.25, 0.3) is 6.08 Å². The van der Waals surface area contributed by atoms with Crippen molar-refractivity contribution in [1.29, 1.82) is 0 Å². The summed E-state index contributed by atoms with van der Waals surface area (Å²) in [6.45, 7) is 5.59. The van der Waals surface area contributed by atoms with Crippen LogP contribution in [0.1, 0.15) is 54.4 Å². The van der Waals surface area contributed by atoms with Crippen molar-refractivity contribution in [3.8, 4) is 0 Å². The third kappa shape index (κ3) is 6.47. The van der Waals surface area contributed by atoms with E-state index in [9.17, 15) is 4.79 Å². The third-order valence-electron chi connectivity index (χ3n) is 5.87. The van der Waals surface area contributed by atoms with Gasteiger partial charge in [-0.1, -0.05) is 17.7 Å². The minimum atomic E-state index is 0.0328. The number of rotatable bonds is 8. The van der Waals surface area contributed by atoms with Crippen molar-refractivity contribution < 1.29 is 9.21 Å². The van der Waals surface area contributed by atoms with Crippen LogP contribution < -0.4 is 0 Å². The highest BCUT2D eigenvalue weighted by atomic mass is 35.5. The van der Waals surface area contributed by atoms with Gasteiger partial charge in [0.15, 0.2) is 5.82 Å². The largest absolute Gasteiger partial charge is 0.426 e. The topological polar surface area (TPSA) is 103 Å². The van der Waals surface area contributed by atoms with Gasteiger partial charge in [0.1, 0.15) is 0 Å². The lowest BCUT2D eigenvalue weighted by molar-refractivity contribution is -0.127. The Kier molecular flexibility index (Phi) is 7.49. The number of piperidine rings is 1. The Bertz CT molecular complexity index is 1120. The normalized spacial score (nSPS) is 14.9. The first kappa shape index (κ1) is 23.1. The second-order valence-electron chi connectivity index (χ2n) is 8.42. The highest BCUT2D eigenvalue weighted by Gasteiger charge is 2.21. The summed E-state index contributed by atoms with van der Waals surface area (Å²) in [4.78, 5) is 16.2. The van der Waals surface area contributed by atoms with Gasteiger partial charge in [-0.05, 0) is 73.1 Å². The molecule has 1 aliphatic heterocycles. The average molecular weight is 470 g/mol. The first-order valence-corrected chi connectivity index (χ1v) is 11.6. The number of nitrogens with zero attached hydrogens (tertiary/aromatic N) is 7. The summed E-state index contributed by atoms with van der Waals surface area (Å²) in [7, 11) is 0. The lowest BCUT2D eigenvalue weighted by Crippen LogP contribution is -2.37. The standard InChI is InChI=1S/C23H28ClN7O2/c1-16-25-29-31(28-16)15-20-14-21(24)8-6-19(20)7-9-23(32)30-12-10-18(11-13-30)4-3-5-22-27-26-17(2)33-22/h6-9,14,18H,3-5,10-13,15H2,1-2H3. The molecule has 0 saturated carbocycles. The van der Waals surface area contributed by atoms with Gasteiger partial charge in [0.05, 0.1) is 6.54 Å². The fraction of sp³-hybridized carbons (Fsp3) is 0.478. The SMILES string of the molecule is Cc1nnn(Cc2cc(Cl)ccc2C=CC(=O)N2CCC(CCCc3nnc(C)o3)CC2)n1. The Hall–Kier alpha value is -3.07. The molecule has 33 heavy (non-hydrogen) atoms. The molecule has 0 aliphatic carbocycles. The molecule has 3 aromatic rings. The van der Waals surface area contributed by atoms with E-state index in [-0.39, 0.29) is 5.91 Å². The number of hydrogen-bond acceptors (Lipinski definition) is 7. The van der Waals surface area contributed by atoms with Gasteiger partial charge in [-0.3, -0.25) is 4.79 Å². The molecular weight excluding hydrogens is 442 g/mol. The second kappa shape index (κ2) is 10.7. The first-order chi connectivity index (χ1) is 16.0. The monoisotopic (exact) mass is 469 g/mol. The molecule has 2 aromatic heterocycles. The Labute approximate surface area is 197 Å². The number of aryl methyl sites for hydroxylation is 3. The Morgan fingerprint density at radius 1 is 1.21 bits per heavy atom. The summed E-state index contributed by atoms with van der Waals surface area (Å²) in [5, 5.41) is 20.7. The molecule has 0 bridgehead atoms. The molecule has 9 nitrogen and oxygen atoms in total. The average Bonchev–Trinajstić information content (AvgIpc) is 3.41. The lowest BCUT2D eigenvalue weighted by atomic mass is 9.91. The zero-order valence-electron chi connectivity index (χ0n) is 18.9. The molecule has 1 aromatic carbocycles. The van der Waals surface area contributed by atoms with Gasteiger partial charge in [-0.2, -0.15) is 4.80 Å². The van der Waals surface area contributed by atoms with Crippen molar-refractivity contribution in [3.05, 3.63) is 58.0 Å². The van der Waals surface area contributed by atoms with E-state index in [2.05, 4.69) is 25.6 Å². The number of hydrogen-bond donors (Lipinski definition) is 0. The van der Waals surface area contributed by atoms with E-state index in [1.807, 2.05) is 29.2 Å². The molecular formula is C23H28ClN7O2. The van der Waals surface area contributed by atoms with E-state index < -0.39 is 0 Å². The van der Waals surface area contributed by atoms with Crippen LogP contribution in [-0.2, 0) is 17.8 Å². The Morgan fingerprint density at radius 3 is 2.73 bits per heavy atom. The fourth-order valence-corrected chi connectivity index (χ4v) is 4.30. The highest BCUT2D eigenvalue weighted by molar-refractivity contribution is 6.30. The van der Waals surface area contributed by atoms with Crippen LogP contribution in [-0.4, -0.2) is 54.3 Å². The van der Waals surface area contributed by atoms with E-state index in [4.69, 9.17) is 16.0 Å². The van der Waals surface area contributed by atoms with Crippen molar-refractivity contribution in [1.82, 2.24) is 35.3 Å². The first-order valence-electron chi connectivity index (χ1n) is 11.2. The molecule has 0 spiro atoms. The molecule has 1 saturated heterocycles. The molecule has 174 valence electrons. The predicted octanol–water partition coefficient (Wildman–Crippen LogP) is 3.65. The highest BCUT2D eigenvalue weighted by Crippen LogP contribution is 2.23. The summed E-state index contributed by atoms with van der Waals surface area (Å²) >= 11 is 6.18. The minimum Gasteiger partial charge on any atom is -0.426 e. The second-order valence-corrected chi connectivity index (χ2v) is 8.86. The van der Waals surface area contributed by atoms with Crippen molar-refractivity contribution in [2.45, 2.75) is 52.5 Å². The van der Waals surface area contributed by atoms with E-state index in [1.165, 1.54) is 4.80 Å². The predicted molar refractivity (Wildman–Crippen MR) is 123 cm³/mol. The summed E-state index contributed by atoms with van der Waals surface area (Å²) in [6.07, 6.45) is 8.48. The summed E-state index contributed by atoms with van der Waals surface area (Å²) in [5.74, 6) is 2.59. The zero-order chi connectivity index (χ0) is 23.2. The van der Waals surface area contributed by atoms with E-state index in [0.717, 1.165) is 56.3 Å². The molecule has 0 N–H and O–H groups in total. The number of carbonyl (C=O) groups is 1. The molecule has 0 radical (unpaired) electrons. The van der Waals surface area contributed by atoms with Crippen LogP contribution in [0.15, 0.2) is 28.7 Å². The summed E-state index contributed by atoms with van der Waals surface area (Å²) < 4.78 is 5.43. The van der Waals surface area contributed by atoms with Crippen molar-refractivity contribution >= 4 is 23.6 Å². The van der Waals surface area contributed by atoms with Crippen molar-refractivity contribution in [2.75, 3.05) is 13.1 Å². The summed E-state index contributed by atoms with van der Waals surface area (Å²) in [6, 6.07) is 5.59. The van der Waals surface area contributed by atoms with Gasteiger partial charge < -0.3 is 9.32 Å². The quantitative estimate of drug-likeness (QED) is 0.464. The molecule has 10 heteroatoms. The van der Waals surface area contributed by atoms with Gasteiger partial charge in [0, 0.05) is 37.5 Å². The van der Waals surface area contributed by atoms with Crippen LogP contribution in [0.5, 0.6) is 0 Å². The van der Waals surface area contributed by atoms with Crippen LogP contribution >= 0.6 is 11.6 Å². The maximum absolute atomic E-state index is 12.8. The number of likely N-dealkylation sites (tertiary alicyclic amines) is 1. The van der Waals surface area contributed by atoms with E-state index in [0.29, 0.717) is 35.1 Å². The molecule has 1 fully saturated rings. The van der Waals surface area contributed by atoms with Gasteiger partial charge >= 0.3 is 0 Å². The lowest BCUT2D eigenvalue weighted by Gasteiger charge is -2.31. The van der Waals surface area contributed by atoms with Crippen molar-refractivity contribution in [3.63, 3.8) is 0 Å². The third-order valence-corrected chi connectivity index (χ3v) is 6.11. The van der Waals surface area contributed by atoms with Gasteiger partial charge in [-0.25, -0.2) is 0 Å². The van der Waals surface area contributed by atoms with Gasteiger partial charge in [-0.15, -0.1) is 20.4 Å². The molecule has 1 amide bonds. The minimum absolute atomic E-state index is 0.0328. The fourth-order valence-electron chi connectivity index (χ4n) is 4.11. The summed E-state index contributed by atoms with van der Waals surface area (Å²) in [5.41, 5.74) is 1.84. The Balaban J connectivity index is 1.28. The number of tetrazole rings is 1. The van der Waals surface area contributed by atoms with Crippen LogP contribution in [0, 0.1) is 19.8 Å². The van der Waals surface area contributed by atoms with Gasteiger partial charge in [0.25, 0.3) is 0 Å². The van der Waals surface area contributed by atoms with Crippen LogP contribution in [0.2, 0.25) is 5.02 Å². The molecule has 0 atom stereocenters. The number of amides is 1. The van der Waals surface area contributed by atoms with Crippen LogP contribution in [0.4, 0.5) is 0 Å². The number of benzene rings is 1. The maximum atomic E-state index is 12.8. The zero-order valence-corrected chi connectivity index (χ0v) is 19.7. The smallest absolute Gasteiger partial charge is 0.246 e. The number of carbonyl (C=O) groups excluding carboxylic acids is 1. The number of halogens is 1. The molecule has 4 rings (SSSR count). The molecule has 1 aliphatic rings. The van der Waals surface area contributed by atoms with Gasteiger partial charge in [0.2, 0.25) is 17.7 Å². The van der Waals surface area contributed by atoms with E-state index >= 15 is 0 Å². The Morgan fingerprint density at radius 2 is 2.03 bits per heavy atom. The maximum Gasteiger partial charge on any atom is 0.246 e. The molecule has 0 unspecified atom stereocenters.